The van der Waals surface area contributed by atoms with Gasteiger partial charge in [0.2, 0.25) is 11.8 Å². The Balaban J connectivity index is 4.70. The third-order valence-electron chi connectivity index (χ3n) is 2.77. The van der Waals surface area contributed by atoms with E-state index in [9.17, 15) is 14.4 Å². The van der Waals surface area contributed by atoms with Gasteiger partial charge in [-0.15, -0.1) is 0 Å². The molecule has 0 aliphatic rings. The van der Waals surface area contributed by atoms with Crippen LogP contribution in [0.4, 0.5) is 0 Å². The molecule has 92 valence electrons. The number of unbranched alkanes of at least 4 members (excludes halogenated alkanes) is 2. The van der Waals surface area contributed by atoms with Crippen LogP contribution in [0, 0.1) is 5.41 Å². The van der Waals surface area contributed by atoms with Crippen molar-refractivity contribution in [2.75, 3.05) is 0 Å². The van der Waals surface area contributed by atoms with Gasteiger partial charge in [0.05, 0.1) is 5.41 Å². The average Bonchev–Trinajstić information content (AvgIpc) is 2.17. The molecule has 2 amide bonds. The molecule has 0 saturated carbocycles. The van der Waals surface area contributed by atoms with Crippen molar-refractivity contribution in [3.05, 3.63) is 0 Å². The first-order valence-electron chi connectivity index (χ1n) is 5.50. The highest BCUT2D eigenvalue weighted by Crippen LogP contribution is 2.32. The van der Waals surface area contributed by atoms with Crippen LogP contribution in [0.5, 0.6) is 0 Å². The fourth-order valence-corrected chi connectivity index (χ4v) is 1.78. The summed E-state index contributed by atoms with van der Waals surface area (Å²) >= 11 is 0. The van der Waals surface area contributed by atoms with E-state index >= 15 is 0 Å². The highest BCUT2D eigenvalue weighted by atomic mass is 16.2. The molecule has 0 radical (unpaired) electrons. The summed E-state index contributed by atoms with van der Waals surface area (Å²) in [6.07, 6.45) is 3.58. The summed E-state index contributed by atoms with van der Waals surface area (Å²) < 4.78 is 0. The lowest BCUT2D eigenvalue weighted by molar-refractivity contribution is -0.135. The van der Waals surface area contributed by atoms with E-state index in [0.29, 0.717) is 12.7 Å². The molecule has 5 heteroatoms. The lowest BCUT2D eigenvalue weighted by Gasteiger charge is -2.27. The molecule has 4 N–H and O–H groups in total. The van der Waals surface area contributed by atoms with Gasteiger partial charge in [0.25, 0.3) is 0 Å². The average molecular weight is 228 g/mol. The van der Waals surface area contributed by atoms with Crippen LogP contribution in [-0.4, -0.2) is 18.1 Å². The summed E-state index contributed by atoms with van der Waals surface area (Å²) in [5.41, 5.74) is 9.29. The molecular formula is C11H20N2O3. The maximum absolute atomic E-state index is 11.4. The second-order valence-corrected chi connectivity index (χ2v) is 4.12. The van der Waals surface area contributed by atoms with E-state index < -0.39 is 17.2 Å². The number of aldehydes is 1. The van der Waals surface area contributed by atoms with E-state index in [2.05, 4.69) is 0 Å². The Morgan fingerprint density at radius 1 is 1.25 bits per heavy atom. The zero-order valence-corrected chi connectivity index (χ0v) is 9.70. The zero-order chi connectivity index (χ0) is 12.6. The SMILES string of the molecule is CCCCCC(CC=O)(CC(N)=O)C(N)=O. The summed E-state index contributed by atoms with van der Waals surface area (Å²) in [5.74, 6) is -1.22. The van der Waals surface area contributed by atoms with E-state index in [1.54, 1.807) is 0 Å². The van der Waals surface area contributed by atoms with Crippen molar-refractivity contribution >= 4 is 18.1 Å². The van der Waals surface area contributed by atoms with E-state index in [1.165, 1.54) is 0 Å². The number of amides is 2. The van der Waals surface area contributed by atoms with Crippen LogP contribution in [0.15, 0.2) is 0 Å². The number of primary amides is 2. The van der Waals surface area contributed by atoms with E-state index in [-0.39, 0.29) is 12.8 Å². The van der Waals surface area contributed by atoms with Gasteiger partial charge < -0.3 is 16.3 Å². The third kappa shape index (κ3) is 4.42. The monoisotopic (exact) mass is 228 g/mol. The molecule has 0 spiro atoms. The first-order valence-corrected chi connectivity index (χ1v) is 5.50. The number of rotatable bonds is 9. The van der Waals surface area contributed by atoms with Gasteiger partial charge in [-0.1, -0.05) is 26.2 Å². The lowest BCUT2D eigenvalue weighted by Crippen LogP contribution is -2.41. The molecule has 0 aromatic rings. The number of carbonyl (C=O) groups is 3. The third-order valence-corrected chi connectivity index (χ3v) is 2.77. The molecule has 0 aromatic carbocycles. The van der Waals surface area contributed by atoms with Crippen LogP contribution in [-0.2, 0) is 14.4 Å². The predicted octanol–water partition coefficient (Wildman–Crippen LogP) is 0.503. The molecule has 0 aliphatic carbocycles. The first-order chi connectivity index (χ1) is 7.48. The van der Waals surface area contributed by atoms with Crippen LogP contribution < -0.4 is 11.5 Å². The lowest BCUT2D eigenvalue weighted by atomic mass is 9.76. The van der Waals surface area contributed by atoms with Gasteiger partial charge in [-0.2, -0.15) is 0 Å². The standard InChI is InChI=1S/C11H20N2O3/c1-2-3-4-5-11(6-7-14,10(13)16)8-9(12)15/h7H,2-6,8H2,1H3,(H2,12,15)(H2,13,16). The van der Waals surface area contributed by atoms with Crippen LogP contribution in [0.25, 0.3) is 0 Å². The minimum absolute atomic E-state index is 0.0328. The molecule has 0 bridgehead atoms. The molecule has 0 aliphatic heterocycles. The minimum atomic E-state index is -1.08. The fraction of sp³-hybridized carbons (Fsp3) is 0.727. The number of hydrogen-bond acceptors (Lipinski definition) is 3. The molecule has 0 saturated heterocycles. The highest BCUT2D eigenvalue weighted by molar-refractivity contribution is 5.89. The maximum atomic E-state index is 11.4. The molecule has 0 aromatic heterocycles. The first kappa shape index (κ1) is 14.6. The number of carbonyl (C=O) groups excluding carboxylic acids is 3. The fourth-order valence-electron chi connectivity index (χ4n) is 1.78. The van der Waals surface area contributed by atoms with E-state index in [4.69, 9.17) is 11.5 Å². The highest BCUT2D eigenvalue weighted by Gasteiger charge is 2.37. The van der Waals surface area contributed by atoms with Crippen molar-refractivity contribution in [1.29, 1.82) is 0 Å². The minimum Gasteiger partial charge on any atom is -0.370 e. The summed E-state index contributed by atoms with van der Waals surface area (Å²) in [5, 5.41) is 0. The summed E-state index contributed by atoms with van der Waals surface area (Å²) in [4.78, 5) is 32.9. The van der Waals surface area contributed by atoms with Crippen LogP contribution in [0.1, 0.15) is 45.4 Å². The van der Waals surface area contributed by atoms with Crippen molar-refractivity contribution < 1.29 is 14.4 Å². The Labute approximate surface area is 95.6 Å². The van der Waals surface area contributed by atoms with Gasteiger partial charge in [0, 0.05) is 12.8 Å². The number of nitrogens with two attached hydrogens (primary N) is 2. The van der Waals surface area contributed by atoms with Crippen molar-refractivity contribution in [3.63, 3.8) is 0 Å². The Kier molecular flexibility index (Phi) is 6.37. The van der Waals surface area contributed by atoms with Gasteiger partial charge >= 0.3 is 0 Å². The van der Waals surface area contributed by atoms with Crippen molar-refractivity contribution in [3.8, 4) is 0 Å². The molecular weight excluding hydrogens is 208 g/mol. The molecule has 0 heterocycles. The smallest absolute Gasteiger partial charge is 0.224 e. The Hall–Kier alpha value is -1.39. The van der Waals surface area contributed by atoms with Crippen LogP contribution >= 0.6 is 0 Å². The van der Waals surface area contributed by atoms with Gasteiger partial charge in [0.1, 0.15) is 6.29 Å². The van der Waals surface area contributed by atoms with E-state index in [0.717, 1.165) is 19.3 Å². The van der Waals surface area contributed by atoms with Crippen LogP contribution in [0.3, 0.4) is 0 Å². The summed E-state index contributed by atoms with van der Waals surface area (Å²) in [7, 11) is 0. The number of hydrogen-bond donors (Lipinski definition) is 2. The molecule has 1 atom stereocenters. The Morgan fingerprint density at radius 2 is 1.88 bits per heavy atom. The van der Waals surface area contributed by atoms with Gasteiger partial charge in [-0.3, -0.25) is 9.59 Å². The normalized spacial score (nSPS) is 14.1. The van der Waals surface area contributed by atoms with E-state index in [1.807, 2.05) is 6.92 Å². The molecule has 1 unspecified atom stereocenters. The Morgan fingerprint density at radius 3 is 2.25 bits per heavy atom. The molecule has 0 fully saturated rings. The molecule has 5 nitrogen and oxygen atoms in total. The van der Waals surface area contributed by atoms with Gasteiger partial charge in [-0.05, 0) is 6.42 Å². The zero-order valence-electron chi connectivity index (χ0n) is 9.70. The molecule has 16 heavy (non-hydrogen) atoms. The summed E-state index contributed by atoms with van der Waals surface area (Å²) in [6.45, 7) is 2.03. The Bertz CT molecular complexity index is 266. The summed E-state index contributed by atoms with van der Waals surface area (Å²) in [6, 6.07) is 0. The van der Waals surface area contributed by atoms with Gasteiger partial charge in [-0.25, -0.2) is 0 Å². The second kappa shape index (κ2) is 6.98. The second-order valence-electron chi connectivity index (χ2n) is 4.12. The van der Waals surface area contributed by atoms with Gasteiger partial charge in [0.15, 0.2) is 0 Å². The van der Waals surface area contributed by atoms with Crippen molar-refractivity contribution in [2.45, 2.75) is 45.4 Å². The van der Waals surface area contributed by atoms with Crippen molar-refractivity contribution in [2.24, 2.45) is 16.9 Å². The molecule has 0 rings (SSSR count). The topological polar surface area (TPSA) is 103 Å². The maximum Gasteiger partial charge on any atom is 0.224 e. The van der Waals surface area contributed by atoms with Crippen LogP contribution in [0.2, 0.25) is 0 Å². The quantitative estimate of drug-likeness (QED) is 0.443. The largest absolute Gasteiger partial charge is 0.370 e. The van der Waals surface area contributed by atoms with Crippen molar-refractivity contribution in [1.82, 2.24) is 0 Å². The predicted molar refractivity (Wildman–Crippen MR) is 60.3 cm³/mol.